The van der Waals surface area contributed by atoms with Crippen LogP contribution in [-0.2, 0) is 4.74 Å². The molecule has 0 aliphatic carbocycles. The summed E-state index contributed by atoms with van der Waals surface area (Å²) in [6.07, 6.45) is 1.09. The van der Waals surface area contributed by atoms with E-state index < -0.39 is 11.7 Å². The lowest BCUT2D eigenvalue weighted by Crippen LogP contribution is -2.34. The zero-order chi connectivity index (χ0) is 21.6. The van der Waals surface area contributed by atoms with E-state index in [4.69, 9.17) is 25.8 Å². The first-order valence-electron chi connectivity index (χ1n) is 8.66. The second-order valence-electron chi connectivity index (χ2n) is 6.88. The molecule has 7 nitrogen and oxygen atoms in total. The summed E-state index contributed by atoms with van der Waals surface area (Å²) in [6, 6.07) is 5.50. The van der Waals surface area contributed by atoms with Gasteiger partial charge >= 0.3 is 6.09 Å². The fourth-order valence-electron chi connectivity index (χ4n) is 2.22. The molecule has 0 saturated heterocycles. The van der Waals surface area contributed by atoms with E-state index in [0.29, 0.717) is 10.7 Å². The van der Waals surface area contributed by atoms with E-state index >= 15 is 0 Å². The number of halogens is 2. The molecule has 1 atom stereocenters. The maximum atomic E-state index is 12.1. The van der Waals surface area contributed by atoms with Gasteiger partial charge in [-0.25, -0.2) is 14.8 Å². The average molecular weight is 505 g/mol. The number of hydrogen-bond acceptors (Lipinski definition) is 7. The summed E-state index contributed by atoms with van der Waals surface area (Å²) in [5.74, 6) is 0.552. The fraction of sp³-hybridized carbons (Fsp3) is 0.421. The highest BCUT2D eigenvalue weighted by Crippen LogP contribution is 2.39. The van der Waals surface area contributed by atoms with Crippen LogP contribution in [0.5, 0.6) is 11.8 Å². The molecule has 158 valence electrons. The van der Waals surface area contributed by atoms with Gasteiger partial charge in [-0.15, -0.1) is 11.8 Å². The molecule has 1 aromatic carbocycles. The Morgan fingerprint density at radius 1 is 1.28 bits per heavy atom. The quantitative estimate of drug-likeness (QED) is 0.514. The van der Waals surface area contributed by atoms with Crippen molar-refractivity contribution in [1.29, 1.82) is 0 Å². The number of ether oxygens (including phenoxy) is 3. The number of hydrogen-bond donors (Lipinski definition) is 1. The molecular weight excluding hydrogens is 482 g/mol. The molecule has 0 fully saturated rings. The summed E-state index contributed by atoms with van der Waals surface area (Å²) < 4.78 is 16.6. The van der Waals surface area contributed by atoms with E-state index in [1.54, 1.807) is 12.3 Å². The minimum atomic E-state index is -0.588. The first-order chi connectivity index (χ1) is 13.6. The van der Waals surface area contributed by atoms with Gasteiger partial charge in [0.1, 0.15) is 5.60 Å². The predicted molar refractivity (Wildman–Crippen MR) is 117 cm³/mol. The first kappa shape index (κ1) is 23.6. The molecule has 0 spiro atoms. The van der Waals surface area contributed by atoms with Gasteiger partial charge in [-0.2, -0.15) is 0 Å². The van der Waals surface area contributed by atoms with E-state index in [1.165, 1.54) is 26.0 Å². The van der Waals surface area contributed by atoms with Crippen LogP contribution in [0.2, 0.25) is 5.02 Å². The van der Waals surface area contributed by atoms with Gasteiger partial charge in [0.15, 0.2) is 0 Å². The van der Waals surface area contributed by atoms with Crippen LogP contribution in [-0.4, -0.2) is 42.4 Å². The number of aromatic nitrogens is 2. The molecule has 0 radical (unpaired) electrons. The second kappa shape index (κ2) is 10.4. The second-order valence-corrected chi connectivity index (χ2v) is 9.41. The Morgan fingerprint density at radius 2 is 1.97 bits per heavy atom. The van der Waals surface area contributed by atoms with Gasteiger partial charge in [0.2, 0.25) is 0 Å². The summed E-state index contributed by atoms with van der Waals surface area (Å²) in [5, 5.41) is 3.14. The lowest BCUT2D eigenvalue weighted by Gasteiger charge is -2.22. The van der Waals surface area contributed by atoms with Crippen molar-refractivity contribution in [2.75, 3.05) is 20.8 Å². The van der Waals surface area contributed by atoms with Crippen LogP contribution in [0.15, 0.2) is 33.8 Å². The van der Waals surface area contributed by atoms with Crippen molar-refractivity contribution in [2.45, 2.75) is 36.5 Å². The van der Waals surface area contributed by atoms with Gasteiger partial charge in [-0.05, 0) is 54.9 Å². The lowest BCUT2D eigenvalue weighted by molar-refractivity contribution is 0.0528. The number of carbonyl (C=O) groups is 1. The number of methoxy groups -OCH3 is 2. The SMILES string of the molecule is COc1ncc(C(CNC(=O)OC(C)(C)C)Sc2ccc(Cl)cc2Br)nc1OC. The van der Waals surface area contributed by atoms with Gasteiger partial charge < -0.3 is 19.5 Å². The number of benzene rings is 1. The Hall–Kier alpha value is -1.71. The van der Waals surface area contributed by atoms with Crippen molar-refractivity contribution in [3.63, 3.8) is 0 Å². The highest BCUT2D eigenvalue weighted by atomic mass is 79.9. The molecule has 0 aliphatic rings. The molecule has 1 aromatic heterocycles. The van der Waals surface area contributed by atoms with Crippen molar-refractivity contribution in [1.82, 2.24) is 15.3 Å². The molecule has 0 aliphatic heterocycles. The van der Waals surface area contributed by atoms with Crippen LogP contribution in [0, 0.1) is 0 Å². The normalized spacial score (nSPS) is 12.2. The Morgan fingerprint density at radius 3 is 2.55 bits per heavy atom. The van der Waals surface area contributed by atoms with Gasteiger partial charge in [0, 0.05) is 20.9 Å². The third-order valence-electron chi connectivity index (χ3n) is 3.44. The highest BCUT2D eigenvalue weighted by molar-refractivity contribution is 9.10. The Labute approximate surface area is 188 Å². The smallest absolute Gasteiger partial charge is 0.407 e. The number of nitrogens with one attached hydrogen (secondary N) is 1. The number of nitrogens with zero attached hydrogens (tertiary/aromatic N) is 2. The van der Waals surface area contributed by atoms with Crippen molar-refractivity contribution < 1.29 is 19.0 Å². The first-order valence-corrected chi connectivity index (χ1v) is 10.7. The number of thioether (sulfide) groups is 1. The topological polar surface area (TPSA) is 82.6 Å². The minimum absolute atomic E-state index is 0.263. The summed E-state index contributed by atoms with van der Waals surface area (Å²) in [5.41, 5.74) is 0.0280. The summed E-state index contributed by atoms with van der Waals surface area (Å²) >= 11 is 11.1. The number of amides is 1. The Bertz CT molecular complexity index is 864. The third-order valence-corrected chi connectivity index (χ3v) is 5.89. The molecule has 1 unspecified atom stereocenters. The maximum absolute atomic E-state index is 12.1. The van der Waals surface area contributed by atoms with E-state index in [-0.39, 0.29) is 23.6 Å². The Balaban J connectivity index is 2.28. The van der Waals surface area contributed by atoms with E-state index in [9.17, 15) is 4.79 Å². The van der Waals surface area contributed by atoms with Gasteiger partial charge in [-0.1, -0.05) is 11.6 Å². The lowest BCUT2D eigenvalue weighted by atomic mass is 10.2. The zero-order valence-electron chi connectivity index (χ0n) is 16.8. The Kier molecular flexibility index (Phi) is 8.42. The molecule has 1 amide bonds. The number of rotatable bonds is 7. The third kappa shape index (κ3) is 7.24. The highest BCUT2D eigenvalue weighted by Gasteiger charge is 2.22. The van der Waals surface area contributed by atoms with Crippen LogP contribution in [0.4, 0.5) is 4.79 Å². The van der Waals surface area contributed by atoms with Gasteiger partial charge in [0.05, 0.1) is 31.4 Å². The molecule has 29 heavy (non-hydrogen) atoms. The van der Waals surface area contributed by atoms with Crippen molar-refractivity contribution in [3.05, 3.63) is 39.6 Å². The largest absolute Gasteiger partial charge is 0.477 e. The van der Waals surface area contributed by atoms with Gasteiger partial charge in [0.25, 0.3) is 11.8 Å². The van der Waals surface area contributed by atoms with E-state index in [2.05, 4.69) is 31.2 Å². The van der Waals surface area contributed by atoms with Crippen LogP contribution in [0.3, 0.4) is 0 Å². The van der Waals surface area contributed by atoms with Crippen LogP contribution < -0.4 is 14.8 Å². The van der Waals surface area contributed by atoms with Crippen molar-refractivity contribution in [3.8, 4) is 11.8 Å². The molecule has 2 rings (SSSR count). The van der Waals surface area contributed by atoms with Crippen LogP contribution in [0.25, 0.3) is 0 Å². The maximum Gasteiger partial charge on any atom is 0.407 e. The molecule has 0 bridgehead atoms. The van der Waals surface area contributed by atoms with Crippen LogP contribution >= 0.6 is 39.3 Å². The predicted octanol–water partition coefficient (Wildman–Crippen LogP) is 5.27. The van der Waals surface area contributed by atoms with E-state index in [1.807, 2.05) is 32.9 Å². The number of carbonyl (C=O) groups excluding carboxylic acids is 1. The minimum Gasteiger partial charge on any atom is -0.477 e. The standard InChI is InChI=1S/C19H23BrClN3O4S/c1-19(2,3)28-18(25)23-10-15(29-14-7-6-11(21)8-12(14)20)13-9-22-16(26-4)17(24-13)27-5/h6-9,15H,10H2,1-5H3,(H,23,25). The summed E-state index contributed by atoms with van der Waals surface area (Å²) in [6.45, 7) is 5.69. The molecule has 2 aromatic rings. The number of alkyl carbamates (subject to hydrolysis) is 1. The summed E-state index contributed by atoms with van der Waals surface area (Å²) in [4.78, 5) is 21.8. The monoisotopic (exact) mass is 503 g/mol. The van der Waals surface area contributed by atoms with Crippen LogP contribution in [0.1, 0.15) is 31.7 Å². The van der Waals surface area contributed by atoms with Crippen molar-refractivity contribution in [2.24, 2.45) is 0 Å². The molecule has 1 heterocycles. The summed E-state index contributed by atoms with van der Waals surface area (Å²) in [7, 11) is 2.99. The zero-order valence-corrected chi connectivity index (χ0v) is 19.9. The average Bonchev–Trinajstić information content (AvgIpc) is 2.64. The van der Waals surface area contributed by atoms with Crippen molar-refractivity contribution >= 4 is 45.4 Å². The van der Waals surface area contributed by atoms with Gasteiger partial charge in [-0.3, -0.25) is 0 Å². The molecule has 0 saturated carbocycles. The molecular formula is C19H23BrClN3O4S. The molecule has 10 heteroatoms. The molecule has 1 N–H and O–H groups in total. The van der Waals surface area contributed by atoms with E-state index in [0.717, 1.165) is 9.37 Å². The fourth-order valence-corrected chi connectivity index (χ4v) is 4.21.